The van der Waals surface area contributed by atoms with Crippen LogP contribution in [-0.4, -0.2) is 15.7 Å². The zero-order valence-corrected chi connectivity index (χ0v) is 14.2. The highest BCUT2D eigenvalue weighted by Crippen LogP contribution is 2.33. The molecular weight excluding hydrogens is 342 g/mol. The SMILES string of the molecule is CC(C)(N)C(C)(C)c1nc(-c2ccc(Cl)c(Br)c2)no1. The molecule has 1 heterocycles. The van der Waals surface area contributed by atoms with Crippen molar-refractivity contribution in [1.29, 1.82) is 0 Å². The van der Waals surface area contributed by atoms with Crippen molar-refractivity contribution in [3.63, 3.8) is 0 Å². The Kier molecular flexibility index (Phi) is 3.97. The molecule has 0 aliphatic carbocycles. The van der Waals surface area contributed by atoms with E-state index >= 15 is 0 Å². The van der Waals surface area contributed by atoms with Gasteiger partial charge in [-0.3, -0.25) is 0 Å². The number of rotatable bonds is 3. The predicted octanol–water partition coefficient (Wildman–Crippen LogP) is 4.17. The third-order valence-corrected chi connectivity index (χ3v) is 4.96. The van der Waals surface area contributed by atoms with Crippen molar-refractivity contribution in [2.75, 3.05) is 0 Å². The van der Waals surface area contributed by atoms with Crippen LogP contribution in [0.4, 0.5) is 0 Å². The first kappa shape index (κ1) is 15.5. The molecule has 0 unspecified atom stereocenters. The average molecular weight is 359 g/mol. The second-order valence-electron chi connectivity index (χ2n) is 5.90. The topological polar surface area (TPSA) is 64.9 Å². The molecule has 0 bridgehead atoms. The lowest BCUT2D eigenvalue weighted by atomic mass is 9.75. The summed E-state index contributed by atoms with van der Waals surface area (Å²) in [6.45, 7) is 7.86. The molecule has 2 aromatic rings. The summed E-state index contributed by atoms with van der Waals surface area (Å²) >= 11 is 9.36. The van der Waals surface area contributed by atoms with E-state index in [1.807, 2.05) is 39.8 Å². The highest BCUT2D eigenvalue weighted by Gasteiger charge is 2.40. The average Bonchev–Trinajstić information content (AvgIpc) is 2.81. The molecular formula is C14H17BrClN3O. The molecule has 6 heteroatoms. The van der Waals surface area contributed by atoms with E-state index in [9.17, 15) is 0 Å². The maximum Gasteiger partial charge on any atom is 0.234 e. The molecule has 2 rings (SSSR count). The Balaban J connectivity index is 2.41. The Bertz CT molecular complexity index is 632. The Labute approximate surface area is 131 Å². The van der Waals surface area contributed by atoms with Crippen molar-refractivity contribution in [3.05, 3.63) is 33.6 Å². The van der Waals surface area contributed by atoms with E-state index in [2.05, 4.69) is 26.1 Å². The molecule has 2 N–H and O–H groups in total. The van der Waals surface area contributed by atoms with E-state index in [-0.39, 0.29) is 0 Å². The lowest BCUT2D eigenvalue weighted by molar-refractivity contribution is 0.223. The summed E-state index contributed by atoms with van der Waals surface area (Å²) in [7, 11) is 0. The van der Waals surface area contributed by atoms with E-state index in [0.29, 0.717) is 16.7 Å². The molecule has 0 atom stereocenters. The van der Waals surface area contributed by atoms with Gasteiger partial charge in [0, 0.05) is 15.6 Å². The van der Waals surface area contributed by atoms with E-state index in [4.69, 9.17) is 21.9 Å². The summed E-state index contributed by atoms with van der Waals surface area (Å²) < 4.78 is 6.18. The van der Waals surface area contributed by atoms with Crippen molar-refractivity contribution < 1.29 is 4.52 Å². The summed E-state index contributed by atoms with van der Waals surface area (Å²) in [6.07, 6.45) is 0. The first-order valence-electron chi connectivity index (χ1n) is 6.21. The molecule has 108 valence electrons. The minimum Gasteiger partial charge on any atom is -0.338 e. The van der Waals surface area contributed by atoms with Gasteiger partial charge in [-0.1, -0.05) is 16.8 Å². The maximum absolute atomic E-state index is 6.18. The third-order valence-electron chi connectivity index (χ3n) is 3.75. The van der Waals surface area contributed by atoms with E-state index in [1.165, 1.54) is 0 Å². The van der Waals surface area contributed by atoms with Crippen LogP contribution in [0.25, 0.3) is 11.4 Å². The number of hydrogen-bond donors (Lipinski definition) is 1. The summed E-state index contributed by atoms with van der Waals surface area (Å²) in [5, 5.41) is 4.67. The number of nitrogens with two attached hydrogens (primary N) is 1. The van der Waals surface area contributed by atoms with Crippen molar-refractivity contribution in [2.45, 2.75) is 38.6 Å². The van der Waals surface area contributed by atoms with Crippen LogP contribution in [0.1, 0.15) is 33.6 Å². The molecule has 20 heavy (non-hydrogen) atoms. The molecule has 0 fully saturated rings. The summed E-state index contributed by atoms with van der Waals surface area (Å²) in [4.78, 5) is 4.47. The molecule has 0 radical (unpaired) electrons. The molecule has 0 saturated carbocycles. The van der Waals surface area contributed by atoms with Gasteiger partial charge in [0.1, 0.15) is 0 Å². The first-order valence-corrected chi connectivity index (χ1v) is 7.38. The number of benzene rings is 1. The minimum atomic E-state index is -0.475. The summed E-state index contributed by atoms with van der Waals surface area (Å²) in [5.41, 5.74) is 6.12. The highest BCUT2D eigenvalue weighted by molar-refractivity contribution is 9.10. The Morgan fingerprint density at radius 2 is 1.90 bits per heavy atom. The predicted molar refractivity (Wildman–Crippen MR) is 83.7 cm³/mol. The smallest absolute Gasteiger partial charge is 0.234 e. The van der Waals surface area contributed by atoms with Crippen molar-refractivity contribution in [3.8, 4) is 11.4 Å². The van der Waals surface area contributed by atoms with Gasteiger partial charge >= 0.3 is 0 Å². The monoisotopic (exact) mass is 357 g/mol. The lowest BCUT2D eigenvalue weighted by Crippen LogP contribution is -2.50. The molecule has 0 aliphatic heterocycles. The number of aromatic nitrogens is 2. The highest BCUT2D eigenvalue weighted by atomic mass is 79.9. The van der Waals surface area contributed by atoms with E-state index in [0.717, 1.165) is 10.0 Å². The van der Waals surface area contributed by atoms with Gasteiger partial charge in [-0.15, -0.1) is 0 Å². The minimum absolute atomic E-state index is 0.429. The zero-order valence-electron chi connectivity index (χ0n) is 11.9. The maximum atomic E-state index is 6.18. The molecule has 1 aromatic carbocycles. The molecule has 0 saturated heterocycles. The quantitative estimate of drug-likeness (QED) is 0.894. The summed E-state index contributed by atoms with van der Waals surface area (Å²) in [5.74, 6) is 1.04. The normalized spacial score (nSPS) is 12.8. The van der Waals surface area contributed by atoms with E-state index in [1.54, 1.807) is 6.07 Å². The number of halogens is 2. The van der Waals surface area contributed by atoms with Gasteiger partial charge in [-0.2, -0.15) is 4.98 Å². The Hall–Kier alpha value is -0.910. The van der Waals surface area contributed by atoms with Crippen LogP contribution >= 0.6 is 27.5 Å². The third kappa shape index (κ3) is 2.75. The van der Waals surface area contributed by atoms with Crippen molar-refractivity contribution >= 4 is 27.5 Å². The van der Waals surface area contributed by atoms with Gasteiger partial charge in [-0.25, -0.2) is 0 Å². The fraction of sp³-hybridized carbons (Fsp3) is 0.429. The number of nitrogens with zero attached hydrogens (tertiary/aromatic N) is 2. The second-order valence-corrected chi connectivity index (χ2v) is 7.16. The first-order chi connectivity index (χ1) is 9.13. The molecule has 0 aliphatic rings. The van der Waals surface area contributed by atoms with Crippen LogP contribution in [0.3, 0.4) is 0 Å². The van der Waals surface area contributed by atoms with Gasteiger partial charge in [0.2, 0.25) is 11.7 Å². The largest absolute Gasteiger partial charge is 0.338 e. The zero-order chi connectivity index (χ0) is 15.1. The van der Waals surface area contributed by atoms with Gasteiger partial charge < -0.3 is 10.3 Å². The Morgan fingerprint density at radius 1 is 1.25 bits per heavy atom. The van der Waals surface area contributed by atoms with Crippen molar-refractivity contribution in [1.82, 2.24) is 10.1 Å². The van der Waals surface area contributed by atoms with Crippen LogP contribution in [0.5, 0.6) is 0 Å². The van der Waals surface area contributed by atoms with Gasteiger partial charge in [0.25, 0.3) is 0 Å². The fourth-order valence-electron chi connectivity index (χ4n) is 1.51. The summed E-state index contributed by atoms with van der Waals surface area (Å²) in [6, 6.07) is 5.49. The molecule has 0 spiro atoms. The Morgan fingerprint density at radius 3 is 2.45 bits per heavy atom. The standard InChI is InChI=1S/C14H17BrClN3O/c1-13(2,14(3,4)17)12-18-11(19-20-12)8-5-6-10(16)9(15)7-8/h5-7H,17H2,1-4H3. The molecule has 1 aromatic heterocycles. The molecule has 0 amide bonds. The van der Waals surface area contributed by atoms with Crippen LogP contribution in [0, 0.1) is 0 Å². The van der Waals surface area contributed by atoms with Gasteiger partial charge in [0.05, 0.1) is 10.4 Å². The molecule has 4 nitrogen and oxygen atoms in total. The fourth-order valence-corrected chi connectivity index (χ4v) is 2.00. The van der Waals surface area contributed by atoms with Crippen molar-refractivity contribution in [2.24, 2.45) is 5.73 Å². The van der Waals surface area contributed by atoms with Crippen LogP contribution < -0.4 is 5.73 Å². The second kappa shape index (κ2) is 5.13. The van der Waals surface area contributed by atoms with E-state index < -0.39 is 11.0 Å². The van der Waals surface area contributed by atoms with Crippen LogP contribution in [-0.2, 0) is 5.41 Å². The lowest BCUT2D eigenvalue weighted by Gasteiger charge is -2.34. The van der Waals surface area contributed by atoms with Crippen LogP contribution in [0.15, 0.2) is 27.2 Å². The van der Waals surface area contributed by atoms with Gasteiger partial charge in [0.15, 0.2) is 0 Å². The van der Waals surface area contributed by atoms with Crippen LogP contribution in [0.2, 0.25) is 5.02 Å². The van der Waals surface area contributed by atoms with Gasteiger partial charge in [-0.05, 0) is 61.8 Å². The number of hydrogen-bond acceptors (Lipinski definition) is 4.